The van der Waals surface area contributed by atoms with Crippen molar-refractivity contribution in [1.82, 2.24) is 10.5 Å². The molecule has 0 aliphatic heterocycles. The Balaban J connectivity index is 2.48. The molecule has 1 rings (SSSR count). The van der Waals surface area contributed by atoms with Gasteiger partial charge in [0.25, 0.3) is 5.91 Å². The van der Waals surface area contributed by atoms with E-state index in [0.29, 0.717) is 13.0 Å². The van der Waals surface area contributed by atoms with Gasteiger partial charge >= 0.3 is 11.9 Å². The molecule has 0 aliphatic carbocycles. The van der Waals surface area contributed by atoms with E-state index in [1.807, 2.05) is 0 Å². The van der Waals surface area contributed by atoms with Gasteiger partial charge in [0.15, 0.2) is 5.69 Å². The Morgan fingerprint density at radius 2 is 2.10 bits per heavy atom. The summed E-state index contributed by atoms with van der Waals surface area (Å²) in [7, 11) is 0. The highest BCUT2D eigenvalue weighted by Gasteiger charge is 2.24. The highest BCUT2D eigenvalue weighted by Crippen LogP contribution is 2.13. The minimum Gasteiger partial charge on any atom is -0.477 e. The standard InChI is InChI=1S/C12H16N2O6/c1-3-19-8(15)5-4-6-13-11(16)10-9(12(17)18)7(2)20-14-10/h3-6H2,1-2H3,(H,13,16)(H,17,18). The molecule has 1 aromatic heterocycles. The van der Waals surface area contributed by atoms with E-state index in [2.05, 4.69) is 15.0 Å². The van der Waals surface area contributed by atoms with E-state index >= 15 is 0 Å². The first kappa shape index (κ1) is 15.7. The number of carbonyl (C=O) groups is 3. The van der Waals surface area contributed by atoms with E-state index < -0.39 is 11.9 Å². The molecule has 8 heteroatoms. The van der Waals surface area contributed by atoms with Crippen LogP contribution in [0.4, 0.5) is 0 Å². The molecule has 0 atom stereocenters. The zero-order valence-electron chi connectivity index (χ0n) is 11.3. The number of amides is 1. The third kappa shape index (κ3) is 4.08. The van der Waals surface area contributed by atoms with E-state index in [-0.39, 0.29) is 36.0 Å². The maximum Gasteiger partial charge on any atom is 0.341 e. The molecule has 0 saturated carbocycles. The summed E-state index contributed by atoms with van der Waals surface area (Å²) in [6.07, 6.45) is 0.571. The van der Waals surface area contributed by atoms with Crippen LogP contribution in [0.2, 0.25) is 0 Å². The molecule has 0 spiro atoms. The Hall–Kier alpha value is -2.38. The molecule has 0 unspecified atom stereocenters. The number of hydrogen-bond acceptors (Lipinski definition) is 6. The zero-order chi connectivity index (χ0) is 15.1. The molecular formula is C12H16N2O6. The molecule has 8 nitrogen and oxygen atoms in total. The molecule has 1 heterocycles. The van der Waals surface area contributed by atoms with Gasteiger partial charge in [-0.3, -0.25) is 9.59 Å². The van der Waals surface area contributed by atoms with Crippen molar-refractivity contribution in [3.63, 3.8) is 0 Å². The van der Waals surface area contributed by atoms with Gasteiger partial charge in [-0.2, -0.15) is 0 Å². The lowest BCUT2D eigenvalue weighted by molar-refractivity contribution is -0.143. The van der Waals surface area contributed by atoms with Gasteiger partial charge < -0.3 is 19.7 Å². The van der Waals surface area contributed by atoms with Gasteiger partial charge in [0, 0.05) is 13.0 Å². The number of ether oxygens (including phenoxy) is 1. The average Bonchev–Trinajstić information content (AvgIpc) is 2.77. The summed E-state index contributed by atoms with van der Waals surface area (Å²) in [5, 5.41) is 14.8. The Morgan fingerprint density at radius 3 is 2.70 bits per heavy atom. The van der Waals surface area contributed by atoms with Crippen molar-refractivity contribution < 1.29 is 28.8 Å². The first-order valence-corrected chi connectivity index (χ1v) is 6.10. The summed E-state index contributed by atoms with van der Waals surface area (Å²) in [4.78, 5) is 33.8. The monoisotopic (exact) mass is 284 g/mol. The summed E-state index contributed by atoms with van der Waals surface area (Å²) in [6, 6.07) is 0. The minimum absolute atomic E-state index is 0.0640. The number of nitrogens with zero attached hydrogens (tertiary/aromatic N) is 1. The maximum absolute atomic E-state index is 11.7. The smallest absolute Gasteiger partial charge is 0.341 e. The number of carboxylic acid groups (broad SMARTS) is 1. The van der Waals surface area contributed by atoms with Crippen molar-refractivity contribution in [3.05, 3.63) is 17.0 Å². The van der Waals surface area contributed by atoms with E-state index in [1.165, 1.54) is 6.92 Å². The first-order chi connectivity index (χ1) is 9.47. The highest BCUT2D eigenvalue weighted by atomic mass is 16.5. The van der Waals surface area contributed by atoms with Crippen molar-refractivity contribution in [2.75, 3.05) is 13.2 Å². The van der Waals surface area contributed by atoms with Crippen molar-refractivity contribution >= 4 is 17.8 Å². The molecule has 0 fully saturated rings. The third-order valence-electron chi connectivity index (χ3n) is 2.44. The van der Waals surface area contributed by atoms with Crippen LogP contribution in [0, 0.1) is 6.92 Å². The van der Waals surface area contributed by atoms with Gasteiger partial charge in [-0.25, -0.2) is 4.79 Å². The summed E-state index contributed by atoms with van der Waals surface area (Å²) in [5.41, 5.74) is -0.529. The number of rotatable bonds is 7. The molecular weight excluding hydrogens is 268 g/mol. The van der Waals surface area contributed by atoms with Crippen LogP contribution in [0.25, 0.3) is 0 Å². The highest BCUT2D eigenvalue weighted by molar-refractivity contribution is 6.03. The van der Waals surface area contributed by atoms with E-state index in [4.69, 9.17) is 9.84 Å². The van der Waals surface area contributed by atoms with Crippen molar-refractivity contribution in [1.29, 1.82) is 0 Å². The largest absolute Gasteiger partial charge is 0.477 e. The van der Waals surface area contributed by atoms with Crippen molar-refractivity contribution in [2.45, 2.75) is 26.7 Å². The minimum atomic E-state index is -1.28. The number of aryl methyl sites for hydroxylation is 1. The Kier molecular flexibility index (Phi) is 5.70. The lowest BCUT2D eigenvalue weighted by atomic mass is 10.2. The number of hydrogen-bond donors (Lipinski definition) is 2. The summed E-state index contributed by atoms with van der Waals surface area (Å²) in [5.74, 6) is -2.21. The summed E-state index contributed by atoms with van der Waals surface area (Å²) >= 11 is 0. The number of aromatic nitrogens is 1. The number of nitrogens with one attached hydrogen (secondary N) is 1. The maximum atomic E-state index is 11.7. The van der Waals surface area contributed by atoms with E-state index in [1.54, 1.807) is 6.92 Å². The first-order valence-electron chi connectivity index (χ1n) is 6.10. The predicted molar refractivity (Wildman–Crippen MR) is 66.4 cm³/mol. The Labute approximate surface area is 115 Å². The normalized spacial score (nSPS) is 10.1. The van der Waals surface area contributed by atoms with E-state index in [9.17, 15) is 14.4 Å². The second-order valence-corrected chi connectivity index (χ2v) is 3.93. The van der Waals surface area contributed by atoms with Crippen LogP contribution in [0.15, 0.2) is 4.52 Å². The Morgan fingerprint density at radius 1 is 1.40 bits per heavy atom. The SMILES string of the molecule is CCOC(=O)CCCNC(=O)c1noc(C)c1C(=O)O. The van der Waals surface area contributed by atoms with Gasteiger partial charge in [-0.15, -0.1) is 0 Å². The molecule has 0 radical (unpaired) electrons. The van der Waals surface area contributed by atoms with Crippen LogP contribution in [0.1, 0.15) is 46.4 Å². The van der Waals surface area contributed by atoms with Gasteiger partial charge in [-0.1, -0.05) is 5.16 Å². The van der Waals surface area contributed by atoms with Crippen molar-refractivity contribution in [2.24, 2.45) is 0 Å². The zero-order valence-corrected chi connectivity index (χ0v) is 11.3. The number of carboxylic acids is 1. The number of esters is 1. The van der Waals surface area contributed by atoms with Crippen LogP contribution < -0.4 is 5.32 Å². The molecule has 0 aromatic carbocycles. The van der Waals surface area contributed by atoms with Crippen LogP contribution >= 0.6 is 0 Å². The van der Waals surface area contributed by atoms with Crippen LogP contribution in [-0.4, -0.2) is 41.3 Å². The molecule has 20 heavy (non-hydrogen) atoms. The molecule has 0 saturated heterocycles. The van der Waals surface area contributed by atoms with Gasteiger partial charge in [-0.05, 0) is 20.3 Å². The average molecular weight is 284 g/mol. The summed E-state index contributed by atoms with van der Waals surface area (Å²) in [6.45, 7) is 3.64. The molecule has 0 aliphatic rings. The van der Waals surface area contributed by atoms with Crippen LogP contribution in [0.3, 0.4) is 0 Å². The molecule has 110 valence electrons. The van der Waals surface area contributed by atoms with Crippen LogP contribution in [0.5, 0.6) is 0 Å². The second-order valence-electron chi connectivity index (χ2n) is 3.93. The molecule has 1 aromatic rings. The number of aromatic carboxylic acids is 1. The third-order valence-corrected chi connectivity index (χ3v) is 2.44. The van der Waals surface area contributed by atoms with Crippen molar-refractivity contribution in [3.8, 4) is 0 Å². The topological polar surface area (TPSA) is 119 Å². The quantitative estimate of drug-likeness (QED) is 0.560. The molecule has 2 N–H and O–H groups in total. The van der Waals surface area contributed by atoms with Gasteiger partial charge in [0.05, 0.1) is 6.61 Å². The Bertz CT molecular complexity index is 508. The second kappa shape index (κ2) is 7.27. The number of carbonyl (C=O) groups excluding carboxylic acids is 2. The summed E-state index contributed by atoms with van der Waals surface area (Å²) < 4.78 is 9.42. The van der Waals surface area contributed by atoms with Crippen LogP contribution in [-0.2, 0) is 9.53 Å². The predicted octanol–water partition coefficient (Wildman–Crippen LogP) is 0.754. The fraction of sp³-hybridized carbons (Fsp3) is 0.500. The fourth-order valence-electron chi connectivity index (χ4n) is 1.53. The van der Waals surface area contributed by atoms with E-state index in [0.717, 1.165) is 0 Å². The lowest BCUT2D eigenvalue weighted by Crippen LogP contribution is -2.27. The fourth-order valence-corrected chi connectivity index (χ4v) is 1.53. The van der Waals surface area contributed by atoms with Gasteiger partial charge in [0.2, 0.25) is 0 Å². The lowest BCUT2D eigenvalue weighted by Gasteiger charge is -2.03. The van der Waals surface area contributed by atoms with Gasteiger partial charge in [0.1, 0.15) is 11.3 Å². The molecule has 0 bridgehead atoms. The molecule has 1 amide bonds.